The molecular formula is C26H29N9O3. The summed E-state index contributed by atoms with van der Waals surface area (Å²) in [6.07, 6.45) is 7.94. The van der Waals surface area contributed by atoms with Gasteiger partial charge in [-0.05, 0) is 49.9 Å². The number of hydrogen-bond acceptors (Lipinski definition) is 9. The molecule has 5 heterocycles. The fourth-order valence-corrected chi connectivity index (χ4v) is 4.64. The van der Waals surface area contributed by atoms with Crippen molar-refractivity contribution in [2.45, 2.75) is 38.0 Å². The van der Waals surface area contributed by atoms with Crippen molar-refractivity contribution in [1.29, 1.82) is 0 Å². The smallest absolute Gasteiger partial charge is 0.279 e. The molecule has 1 amide bonds. The van der Waals surface area contributed by atoms with Gasteiger partial charge >= 0.3 is 0 Å². The lowest BCUT2D eigenvalue weighted by Crippen LogP contribution is -2.28. The Labute approximate surface area is 218 Å². The first kappa shape index (κ1) is 24.1. The molecule has 2 fully saturated rings. The first-order chi connectivity index (χ1) is 18.5. The molecule has 4 N–H and O–H groups in total. The molecule has 4 aromatic heterocycles. The number of pyridine rings is 2. The van der Waals surface area contributed by atoms with Gasteiger partial charge in [-0.1, -0.05) is 0 Å². The number of aliphatic hydroxyl groups is 1. The second-order valence-corrected chi connectivity index (χ2v) is 9.58. The Hall–Kier alpha value is -4.29. The molecule has 1 aliphatic heterocycles. The minimum Gasteiger partial charge on any atom is -0.374 e. The molecular weight excluding hydrogens is 486 g/mol. The van der Waals surface area contributed by atoms with E-state index in [4.69, 9.17) is 0 Å². The van der Waals surface area contributed by atoms with E-state index in [0.29, 0.717) is 46.0 Å². The van der Waals surface area contributed by atoms with Crippen molar-refractivity contribution in [3.8, 4) is 5.82 Å². The van der Waals surface area contributed by atoms with E-state index in [1.807, 2.05) is 4.90 Å². The van der Waals surface area contributed by atoms with Crippen LogP contribution in [-0.2, 0) is 0 Å². The maximum atomic E-state index is 13.3. The topological polar surface area (TPSA) is 142 Å². The Balaban J connectivity index is 1.28. The largest absolute Gasteiger partial charge is 0.374 e. The summed E-state index contributed by atoms with van der Waals surface area (Å²) in [5, 5.41) is 24.4. The second-order valence-electron chi connectivity index (χ2n) is 9.58. The van der Waals surface area contributed by atoms with Crippen LogP contribution in [0.3, 0.4) is 0 Å². The molecule has 1 aliphatic carbocycles. The Morgan fingerprint density at radius 3 is 2.68 bits per heavy atom. The summed E-state index contributed by atoms with van der Waals surface area (Å²) in [6.45, 7) is 1.53. The van der Waals surface area contributed by atoms with Gasteiger partial charge < -0.3 is 20.6 Å². The summed E-state index contributed by atoms with van der Waals surface area (Å²) in [6, 6.07) is 8.80. The number of carbonyl (C=O) groups is 1. The molecule has 38 heavy (non-hydrogen) atoms. The fraction of sp³-hybridized carbons (Fsp3) is 0.346. The van der Waals surface area contributed by atoms with Gasteiger partial charge in [0.05, 0.1) is 17.3 Å². The number of rotatable bonds is 8. The maximum absolute atomic E-state index is 13.3. The quantitative estimate of drug-likeness (QED) is 0.259. The normalized spacial score (nSPS) is 16.1. The van der Waals surface area contributed by atoms with E-state index in [-0.39, 0.29) is 11.5 Å². The average molecular weight is 516 g/mol. The molecule has 1 unspecified atom stereocenters. The molecule has 6 rings (SSSR count). The van der Waals surface area contributed by atoms with Crippen LogP contribution >= 0.6 is 0 Å². The lowest BCUT2D eigenvalue weighted by atomic mass is 10.2. The highest BCUT2D eigenvalue weighted by atomic mass is 16.3. The summed E-state index contributed by atoms with van der Waals surface area (Å²) in [5.41, 5.74) is 1.50. The van der Waals surface area contributed by atoms with Crippen LogP contribution in [-0.4, -0.2) is 66.2 Å². The number of aromatic nitrogens is 5. The van der Waals surface area contributed by atoms with Crippen LogP contribution in [0.15, 0.2) is 53.7 Å². The number of nitrogens with one attached hydrogen (secondary N) is 3. The van der Waals surface area contributed by atoms with Gasteiger partial charge in [-0.2, -0.15) is 9.61 Å². The van der Waals surface area contributed by atoms with Crippen LogP contribution in [0.25, 0.3) is 11.5 Å². The molecule has 4 aromatic rings. The van der Waals surface area contributed by atoms with Gasteiger partial charge in [0.25, 0.3) is 11.5 Å². The van der Waals surface area contributed by atoms with Gasteiger partial charge in [0.15, 0.2) is 5.65 Å². The Bertz CT molecular complexity index is 1540. The third-order valence-electron chi connectivity index (χ3n) is 6.87. The average Bonchev–Trinajstić information content (AvgIpc) is 3.38. The van der Waals surface area contributed by atoms with E-state index in [0.717, 1.165) is 38.8 Å². The SMILES string of the molecule is CNc1cc(Nc2cccn(-c3ccc(C(=O)N4CCCC4)cn3)c2=O)nc2c(C(O)NC3CC3)cnn12. The van der Waals surface area contributed by atoms with Crippen LogP contribution in [0, 0.1) is 0 Å². The fourth-order valence-electron chi connectivity index (χ4n) is 4.64. The zero-order chi connectivity index (χ0) is 26.2. The van der Waals surface area contributed by atoms with Gasteiger partial charge in [0.1, 0.15) is 29.4 Å². The number of aliphatic hydroxyl groups excluding tert-OH is 1. The third-order valence-corrected chi connectivity index (χ3v) is 6.87. The van der Waals surface area contributed by atoms with Crippen molar-refractivity contribution in [2.75, 3.05) is 30.8 Å². The highest BCUT2D eigenvalue weighted by Gasteiger charge is 2.26. The van der Waals surface area contributed by atoms with Crippen molar-refractivity contribution >= 4 is 28.9 Å². The standard InChI is InChI=1S/C26H29N9O3/c1-27-22-13-20(32-23-18(15-29-35(22)23)24(36)30-17-7-8-17)31-19-5-4-12-34(26(19)38)21-9-6-16(14-28-21)25(37)33-10-2-3-11-33/h4-6,9,12-15,17,24,27,30,36H,2-3,7-8,10-11H2,1H3,(H,31,32). The maximum Gasteiger partial charge on any atom is 0.279 e. The number of carbonyl (C=O) groups excluding carboxylic acids is 1. The number of likely N-dealkylation sites (tertiary alicyclic amines) is 1. The van der Waals surface area contributed by atoms with Gasteiger partial charge in [0, 0.05) is 44.6 Å². The van der Waals surface area contributed by atoms with Crippen LogP contribution in [0.4, 0.5) is 17.3 Å². The predicted octanol–water partition coefficient (Wildman–Crippen LogP) is 2.04. The molecule has 0 radical (unpaired) electrons. The number of amides is 1. The van der Waals surface area contributed by atoms with Gasteiger partial charge in [-0.15, -0.1) is 0 Å². The Kier molecular flexibility index (Phi) is 6.26. The zero-order valence-electron chi connectivity index (χ0n) is 21.0. The van der Waals surface area contributed by atoms with Crippen molar-refractivity contribution in [1.82, 2.24) is 34.4 Å². The number of hydrogen-bond donors (Lipinski definition) is 4. The van der Waals surface area contributed by atoms with Gasteiger partial charge in [-0.25, -0.2) is 9.97 Å². The molecule has 1 saturated carbocycles. The number of nitrogens with zero attached hydrogens (tertiary/aromatic N) is 6. The van der Waals surface area contributed by atoms with Gasteiger partial charge in [0.2, 0.25) is 0 Å². The molecule has 2 aliphatic rings. The summed E-state index contributed by atoms with van der Waals surface area (Å²) in [5.74, 6) is 1.42. The van der Waals surface area contributed by atoms with Crippen LogP contribution in [0.5, 0.6) is 0 Å². The summed E-state index contributed by atoms with van der Waals surface area (Å²) < 4.78 is 3.02. The summed E-state index contributed by atoms with van der Waals surface area (Å²) in [7, 11) is 1.76. The lowest BCUT2D eigenvalue weighted by Gasteiger charge is -2.15. The molecule has 196 valence electrons. The predicted molar refractivity (Wildman–Crippen MR) is 142 cm³/mol. The van der Waals surface area contributed by atoms with Crippen LogP contribution in [0.2, 0.25) is 0 Å². The molecule has 1 saturated heterocycles. The van der Waals surface area contributed by atoms with E-state index in [1.54, 1.807) is 54.3 Å². The molecule has 12 heteroatoms. The number of anilines is 3. The summed E-state index contributed by atoms with van der Waals surface area (Å²) in [4.78, 5) is 36.8. The molecule has 0 aromatic carbocycles. The lowest BCUT2D eigenvalue weighted by molar-refractivity contribution is 0.0792. The van der Waals surface area contributed by atoms with Crippen molar-refractivity contribution in [3.63, 3.8) is 0 Å². The molecule has 1 atom stereocenters. The van der Waals surface area contributed by atoms with Crippen LogP contribution in [0.1, 0.15) is 47.8 Å². The van der Waals surface area contributed by atoms with E-state index in [2.05, 4.69) is 31.0 Å². The van der Waals surface area contributed by atoms with E-state index in [1.165, 1.54) is 10.8 Å². The van der Waals surface area contributed by atoms with E-state index >= 15 is 0 Å². The Morgan fingerprint density at radius 1 is 1.16 bits per heavy atom. The number of fused-ring (bicyclic) bond motifs is 1. The third kappa shape index (κ3) is 4.59. The van der Waals surface area contributed by atoms with Crippen molar-refractivity contribution in [2.24, 2.45) is 0 Å². The minimum absolute atomic E-state index is 0.0391. The van der Waals surface area contributed by atoms with Crippen LogP contribution < -0.4 is 21.5 Å². The van der Waals surface area contributed by atoms with Crippen molar-refractivity contribution in [3.05, 3.63) is 70.4 Å². The molecule has 0 spiro atoms. The molecule has 12 nitrogen and oxygen atoms in total. The second kappa shape index (κ2) is 9.88. The van der Waals surface area contributed by atoms with Gasteiger partial charge in [-0.3, -0.25) is 19.5 Å². The minimum atomic E-state index is -0.896. The highest BCUT2D eigenvalue weighted by molar-refractivity contribution is 5.94. The Morgan fingerprint density at radius 2 is 1.97 bits per heavy atom. The van der Waals surface area contributed by atoms with Crippen molar-refractivity contribution < 1.29 is 9.90 Å². The first-order valence-corrected chi connectivity index (χ1v) is 12.8. The van der Waals surface area contributed by atoms with E-state index < -0.39 is 6.23 Å². The highest BCUT2D eigenvalue weighted by Crippen LogP contribution is 2.27. The molecule has 0 bridgehead atoms. The summed E-state index contributed by atoms with van der Waals surface area (Å²) >= 11 is 0. The zero-order valence-corrected chi connectivity index (χ0v) is 21.0. The first-order valence-electron chi connectivity index (χ1n) is 12.8. The van der Waals surface area contributed by atoms with E-state index in [9.17, 15) is 14.7 Å². The monoisotopic (exact) mass is 515 g/mol.